The zero-order valence-corrected chi connectivity index (χ0v) is 17.2. The Labute approximate surface area is 171 Å². The van der Waals surface area contributed by atoms with Gasteiger partial charge < -0.3 is 15.0 Å². The van der Waals surface area contributed by atoms with Crippen molar-refractivity contribution in [1.29, 1.82) is 0 Å². The van der Waals surface area contributed by atoms with Gasteiger partial charge in [-0.2, -0.15) is 5.10 Å². The molecule has 0 radical (unpaired) electrons. The number of morpholine rings is 1. The highest BCUT2D eigenvalue weighted by atomic mass is 32.1. The summed E-state index contributed by atoms with van der Waals surface area (Å²) in [6.07, 6.45) is 1.71. The van der Waals surface area contributed by atoms with Gasteiger partial charge in [-0.15, -0.1) is 0 Å². The standard InChI is InChI=1S/C18H22N6O2S2/c1-2-3-15-21-22-17(27)24(15)11-16(25)19-12-4-5-13-14(10-12)28-18(20-13)23-6-8-26-9-7-23/h4-5,10H,2-3,6-9,11H2,1H3,(H,19,25)(H,22,27). The van der Waals surface area contributed by atoms with Gasteiger partial charge in [0.1, 0.15) is 12.4 Å². The minimum absolute atomic E-state index is 0.132. The molecule has 2 aromatic heterocycles. The van der Waals surface area contributed by atoms with Crippen LogP contribution in [0.4, 0.5) is 10.8 Å². The van der Waals surface area contributed by atoms with E-state index in [2.05, 4.69) is 27.3 Å². The van der Waals surface area contributed by atoms with Crippen LogP contribution in [0.25, 0.3) is 10.2 Å². The third kappa shape index (κ3) is 4.08. The number of aromatic amines is 1. The quantitative estimate of drug-likeness (QED) is 0.599. The van der Waals surface area contributed by atoms with Crippen LogP contribution in [-0.2, 0) is 22.5 Å². The molecule has 1 amide bonds. The van der Waals surface area contributed by atoms with E-state index in [-0.39, 0.29) is 12.5 Å². The fourth-order valence-corrected chi connectivity index (χ4v) is 4.42. The molecule has 4 rings (SSSR count). The first-order valence-electron chi connectivity index (χ1n) is 9.31. The van der Waals surface area contributed by atoms with Crippen molar-refractivity contribution in [3.63, 3.8) is 0 Å². The van der Waals surface area contributed by atoms with E-state index in [0.717, 1.165) is 66.0 Å². The van der Waals surface area contributed by atoms with E-state index in [1.807, 2.05) is 18.2 Å². The molecular weight excluding hydrogens is 396 g/mol. The number of benzene rings is 1. The normalized spacial score (nSPS) is 14.5. The monoisotopic (exact) mass is 418 g/mol. The highest BCUT2D eigenvalue weighted by molar-refractivity contribution is 7.71. The van der Waals surface area contributed by atoms with Crippen molar-refractivity contribution in [3.05, 3.63) is 28.8 Å². The highest BCUT2D eigenvalue weighted by Crippen LogP contribution is 2.31. The number of fused-ring (bicyclic) bond motifs is 1. The summed E-state index contributed by atoms with van der Waals surface area (Å²) in [6.45, 7) is 5.38. The minimum atomic E-state index is -0.132. The SMILES string of the molecule is CCCc1n[nH]c(=S)n1CC(=O)Nc1ccc2nc(N3CCOCC3)sc2c1. The predicted octanol–water partition coefficient (Wildman–Crippen LogP) is 2.98. The molecular formula is C18H22N6O2S2. The molecule has 0 aliphatic carbocycles. The molecule has 8 nitrogen and oxygen atoms in total. The summed E-state index contributed by atoms with van der Waals surface area (Å²) in [6, 6.07) is 5.79. The predicted molar refractivity (Wildman–Crippen MR) is 113 cm³/mol. The number of hydrogen-bond acceptors (Lipinski definition) is 7. The van der Waals surface area contributed by atoms with Crippen LogP contribution in [0.1, 0.15) is 19.2 Å². The van der Waals surface area contributed by atoms with Gasteiger partial charge in [0, 0.05) is 25.2 Å². The number of amides is 1. The van der Waals surface area contributed by atoms with Crippen LogP contribution in [0.2, 0.25) is 0 Å². The number of nitrogens with one attached hydrogen (secondary N) is 2. The van der Waals surface area contributed by atoms with Crippen LogP contribution < -0.4 is 10.2 Å². The second-order valence-electron chi connectivity index (χ2n) is 6.61. The zero-order valence-electron chi connectivity index (χ0n) is 15.6. The van der Waals surface area contributed by atoms with Gasteiger partial charge in [0.15, 0.2) is 9.90 Å². The zero-order chi connectivity index (χ0) is 19.5. The third-order valence-corrected chi connectivity index (χ3v) is 5.95. The second kappa shape index (κ2) is 8.38. The molecule has 0 spiro atoms. The number of carbonyl (C=O) groups excluding carboxylic acids is 1. The molecule has 10 heteroatoms. The van der Waals surface area contributed by atoms with Crippen molar-refractivity contribution >= 4 is 50.5 Å². The Bertz CT molecular complexity index is 1030. The molecule has 0 bridgehead atoms. The highest BCUT2D eigenvalue weighted by Gasteiger charge is 2.16. The number of nitrogens with zero attached hydrogens (tertiary/aromatic N) is 4. The average molecular weight is 419 g/mol. The van der Waals surface area contributed by atoms with Crippen molar-refractivity contribution in [3.8, 4) is 0 Å². The number of hydrogen-bond donors (Lipinski definition) is 2. The van der Waals surface area contributed by atoms with E-state index in [9.17, 15) is 4.79 Å². The lowest BCUT2D eigenvalue weighted by atomic mass is 10.3. The number of H-pyrrole nitrogens is 1. The van der Waals surface area contributed by atoms with E-state index < -0.39 is 0 Å². The van der Waals surface area contributed by atoms with Crippen LogP contribution in [0, 0.1) is 4.77 Å². The smallest absolute Gasteiger partial charge is 0.244 e. The second-order valence-corrected chi connectivity index (χ2v) is 8.00. The Morgan fingerprint density at radius 1 is 1.39 bits per heavy atom. The van der Waals surface area contributed by atoms with Crippen LogP contribution in [0.15, 0.2) is 18.2 Å². The Morgan fingerprint density at radius 3 is 3.00 bits per heavy atom. The van der Waals surface area contributed by atoms with Crippen LogP contribution in [-0.4, -0.2) is 52.0 Å². The fraction of sp³-hybridized carbons (Fsp3) is 0.444. The Morgan fingerprint density at radius 2 is 2.21 bits per heavy atom. The van der Waals surface area contributed by atoms with Crippen LogP contribution >= 0.6 is 23.6 Å². The molecule has 148 valence electrons. The Kier molecular flexibility index (Phi) is 5.69. The molecule has 1 saturated heterocycles. The van der Waals surface area contributed by atoms with Crippen LogP contribution in [0.5, 0.6) is 0 Å². The first-order chi connectivity index (χ1) is 13.6. The lowest BCUT2D eigenvalue weighted by molar-refractivity contribution is -0.116. The first kappa shape index (κ1) is 19.0. The summed E-state index contributed by atoms with van der Waals surface area (Å²) < 4.78 is 8.66. The lowest BCUT2D eigenvalue weighted by Gasteiger charge is -2.25. The third-order valence-electron chi connectivity index (χ3n) is 4.56. The van der Waals surface area contributed by atoms with Crippen molar-refractivity contribution in [2.45, 2.75) is 26.3 Å². The molecule has 1 aliphatic rings. The maximum atomic E-state index is 12.5. The molecule has 0 atom stereocenters. The van der Waals surface area contributed by atoms with Crippen molar-refractivity contribution in [2.24, 2.45) is 0 Å². The van der Waals surface area contributed by atoms with E-state index in [0.29, 0.717) is 4.77 Å². The van der Waals surface area contributed by atoms with Crippen LogP contribution in [0.3, 0.4) is 0 Å². The molecule has 1 aliphatic heterocycles. The van der Waals surface area contributed by atoms with Gasteiger partial charge in [-0.3, -0.25) is 14.5 Å². The molecule has 28 heavy (non-hydrogen) atoms. The van der Waals surface area contributed by atoms with E-state index >= 15 is 0 Å². The number of thiazole rings is 1. The van der Waals surface area contributed by atoms with E-state index in [4.69, 9.17) is 21.9 Å². The lowest BCUT2D eigenvalue weighted by Crippen LogP contribution is -2.36. The molecule has 0 unspecified atom stereocenters. The average Bonchev–Trinajstić information content (AvgIpc) is 3.27. The number of anilines is 2. The van der Waals surface area contributed by atoms with Gasteiger partial charge >= 0.3 is 0 Å². The number of aryl methyl sites for hydroxylation is 1. The summed E-state index contributed by atoms with van der Waals surface area (Å²) in [4.78, 5) is 19.5. The number of rotatable bonds is 6. The van der Waals surface area contributed by atoms with Crippen molar-refractivity contribution in [1.82, 2.24) is 19.7 Å². The first-order valence-corrected chi connectivity index (χ1v) is 10.5. The summed E-state index contributed by atoms with van der Waals surface area (Å²) in [5.74, 6) is 0.669. The summed E-state index contributed by atoms with van der Waals surface area (Å²) >= 11 is 6.88. The summed E-state index contributed by atoms with van der Waals surface area (Å²) in [5.41, 5.74) is 1.69. The van der Waals surface area contributed by atoms with Gasteiger partial charge in [0.25, 0.3) is 0 Å². The maximum Gasteiger partial charge on any atom is 0.244 e. The number of ether oxygens (including phenoxy) is 1. The fourth-order valence-electron chi connectivity index (χ4n) is 3.15. The van der Waals surface area contributed by atoms with Crippen molar-refractivity contribution in [2.75, 3.05) is 36.5 Å². The minimum Gasteiger partial charge on any atom is -0.378 e. The Hall–Kier alpha value is -2.30. The van der Waals surface area contributed by atoms with Gasteiger partial charge in [-0.25, -0.2) is 4.98 Å². The molecule has 1 aromatic carbocycles. The van der Waals surface area contributed by atoms with Gasteiger partial charge in [0.2, 0.25) is 5.91 Å². The van der Waals surface area contributed by atoms with E-state index in [1.54, 1.807) is 15.9 Å². The molecule has 0 saturated carbocycles. The van der Waals surface area contributed by atoms with E-state index in [1.165, 1.54) is 0 Å². The maximum absolute atomic E-state index is 12.5. The summed E-state index contributed by atoms with van der Waals surface area (Å²) in [5, 5.41) is 10.9. The molecule has 1 fully saturated rings. The van der Waals surface area contributed by atoms with Gasteiger partial charge in [-0.1, -0.05) is 18.3 Å². The van der Waals surface area contributed by atoms with Crippen molar-refractivity contribution < 1.29 is 9.53 Å². The topological polar surface area (TPSA) is 88.1 Å². The summed E-state index contributed by atoms with van der Waals surface area (Å²) in [7, 11) is 0. The molecule has 3 heterocycles. The Balaban J connectivity index is 1.48. The number of aromatic nitrogens is 4. The largest absolute Gasteiger partial charge is 0.378 e. The van der Waals surface area contributed by atoms with Gasteiger partial charge in [-0.05, 0) is 36.8 Å². The molecule has 3 aromatic rings. The molecule has 2 N–H and O–H groups in total. The number of carbonyl (C=O) groups is 1. The van der Waals surface area contributed by atoms with Gasteiger partial charge in [0.05, 0.1) is 23.4 Å².